The number of aliphatic hydroxyl groups excluding tert-OH is 1. The Balaban J connectivity index is 1.85. The van der Waals surface area contributed by atoms with Crippen molar-refractivity contribution in [2.24, 2.45) is 28.6 Å². The molecule has 9 heteroatoms. The summed E-state index contributed by atoms with van der Waals surface area (Å²) in [4.78, 5) is 35.3. The number of rotatable bonds is 3. The highest BCUT2D eigenvalue weighted by molar-refractivity contribution is 6.53. The van der Waals surface area contributed by atoms with Crippen LogP contribution in [0.2, 0.25) is 0 Å². The van der Waals surface area contributed by atoms with Gasteiger partial charge in [-0.1, -0.05) is 55.6 Å². The monoisotopic (exact) mass is 518 g/mol. The van der Waals surface area contributed by atoms with Crippen molar-refractivity contribution in [1.29, 1.82) is 0 Å². The van der Waals surface area contributed by atoms with Crippen LogP contribution in [0.5, 0.6) is 0 Å². The molecule has 8 atom stereocenters. The van der Waals surface area contributed by atoms with Crippen molar-refractivity contribution in [1.82, 2.24) is 0 Å². The molecule has 0 radical (unpaired) electrons. The van der Waals surface area contributed by atoms with E-state index in [-0.39, 0.29) is 24.0 Å². The first kappa shape index (κ1) is 25.0. The second kappa shape index (κ2) is 7.97. The van der Waals surface area contributed by atoms with Crippen molar-refractivity contribution in [3.05, 3.63) is 23.8 Å². The van der Waals surface area contributed by atoms with Crippen LogP contribution in [0.15, 0.2) is 23.8 Å². The van der Waals surface area contributed by atoms with E-state index < -0.39 is 50.1 Å². The molecule has 3 saturated carbocycles. The van der Waals surface area contributed by atoms with Gasteiger partial charge >= 0.3 is 11.9 Å². The molecule has 182 valence electrons. The second-order valence-electron chi connectivity index (χ2n) is 10.4. The van der Waals surface area contributed by atoms with Crippen molar-refractivity contribution in [3.8, 4) is 0 Å². The Morgan fingerprint density at radius 2 is 1.91 bits per heavy atom. The molecule has 0 saturated heterocycles. The van der Waals surface area contributed by atoms with Crippen molar-refractivity contribution < 1.29 is 29.0 Å². The fourth-order valence-electron chi connectivity index (χ4n) is 7.58. The summed E-state index contributed by atoms with van der Waals surface area (Å²) in [6.45, 7) is 5.66. The molecule has 0 aromatic rings. The van der Waals surface area contributed by atoms with Crippen molar-refractivity contribution in [2.45, 2.75) is 67.9 Å². The molecular weight excluding hydrogens is 491 g/mol. The van der Waals surface area contributed by atoms with Gasteiger partial charge in [-0.05, 0) is 49.7 Å². The minimum atomic E-state index is -1.67. The molecule has 0 spiro atoms. The highest BCUT2D eigenvalue weighted by atomic mass is 35.5. The first-order valence-electron chi connectivity index (χ1n) is 11.2. The maximum Gasteiger partial charge on any atom is 0.351 e. The normalized spacial score (nSPS) is 46.2. The Labute approximate surface area is 208 Å². The van der Waals surface area contributed by atoms with Crippen LogP contribution < -0.4 is 0 Å². The van der Waals surface area contributed by atoms with Crippen LogP contribution >= 0.6 is 34.8 Å². The molecule has 0 heterocycles. The third-order valence-electron chi connectivity index (χ3n) is 9.11. The van der Waals surface area contributed by atoms with Gasteiger partial charge in [0, 0.05) is 16.7 Å². The lowest BCUT2D eigenvalue weighted by atomic mass is 9.45. The number of hydrogen-bond donors (Lipinski definition) is 1. The van der Waals surface area contributed by atoms with Crippen LogP contribution in [-0.2, 0) is 23.9 Å². The van der Waals surface area contributed by atoms with Crippen LogP contribution in [0.4, 0.5) is 0 Å². The van der Waals surface area contributed by atoms with Gasteiger partial charge in [0.05, 0.1) is 18.1 Å². The SMILES string of the molecule is COC(=O)[C@@]1(OC(=O)C(Cl)Cl)[C@@H](C)C[C@H]2[C@@H]3CCC4=CC(=O)C=C[C@]4(C)[C@@]3(Cl)[C@@H](O)C[C@@]21C. The van der Waals surface area contributed by atoms with Crippen LogP contribution in [0.25, 0.3) is 0 Å². The molecular formula is C24H29Cl3O6. The Morgan fingerprint density at radius 1 is 1.24 bits per heavy atom. The van der Waals surface area contributed by atoms with Crippen molar-refractivity contribution in [2.75, 3.05) is 7.11 Å². The first-order valence-corrected chi connectivity index (χ1v) is 12.4. The molecule has 6 nitrogen and oxygen atoms in total. The minimum absolute atomic E-state index is 0.0841. The minimum Gasteiger partial charge on any atom is -0.466 e. The summed E-state index contributed by atoms with van der Waals surface area (Å²) in [5.41, 5.74) is -2.45. The fraction of sp³-hybridized carbons (Fsp3) is 0.708. The molecule has 4 rings (SSSR count). The van der Waals surface area contributed by atoms with E-state index >= 15 is 0 Å². The Morgan fingerprint density at radius 3 is 2.52 bits per heavy atom. The predicted octanol–water partition coefficient (Wildman–Crippen LogP) is 4.13. The zero-order chi connectivity index (χ0) is 24.6. The van der Waals surface area contributed by atoms with Crippen LogP contribution in [0, 0.1) is 28.6 Å². The summed E-state index contributed by atoms with van der Waals surface area (Å²) in [5, 5.41) is 11.6. The number of ether oxygens (including phenoxy) is 2. The average Bonchev–Trinajstić information content (AvgIpc) is 2.96. The van der Waals surface area contributed by atoms with Gasteiger partial charge in [-0.3, -0.25) is 4.79 Å². The zero-order valence-electron chi connectivity index (χ0n) is 19.1. The number of ketones is 1. The molecule has 0 aliphatic heterocycles. The van der Waals surface area contributed by atoms with E-state index in [1.54, 1.807) is 6.08 Å². The van der Waals surface area contributed by atoms with Gasteiger partial charge in [0.2, 0.25) is 10.4 Å². The number of fused-ring (bicyclic) bond motifs is 5. The van der Waals surface area contributed by atoms with E-state index in [2.05, 4.69) is 0 Å². The maximum absolute atomic E-state index is 13.3. The van der Waals surface area contributed by atoms with Gasteiger partial charge in [0.15, 0.2) is 5.78 Å². The smallest absolute Gasteiger partial charge is 0.351 e. The Kier molecular flexibility index (Phi) is 6.05. The standard InChI is InChI=1S/C24H29Cl3O6/c1-12-9-16-15-6-5-13-10-14(28)7-8-21(13,2)23(15,27)17(29)11-22(16,3)24(12,20(31)32-4)33-19(30)18(25)26/h7-8,10,12,15-18,29H,5-6,9,11H2,1-4H3/t12-,15-,16-,17-,21-,22-,23-,24-/m0/s1. The number of hydrogen-bond acceptors (Lipinski definition) is 6. The Bertz CT molecular complexity index is 962. The fourth-order valence-corrected chi connectivity index (χ4v) is 8.19. The number of halogens is 3. The lowest BCUT2D eigenvalue weighted by Crippen LogP contribution is -2.69. The highest BCUT2D eigenvalue weighted by Crippen LogP contribution is 2.72. The van der Waals surface area contributed by atoms with E-state index in [1.165, 1.54) is 13.2 Å². The number of carbonyl (C=O) groups excluding carboxylic acids is 3. The molecule has 33 heavy (non-hydrogen) atoms. The van der Waals surface area contributed by atoms with Gasteiger partial charge in [0.25, 0.3) is 0 Å². The predicted molar refractivity (Wildman–Crippen MR) is 124 cm³/mol. The Hall–Kier alpha value is -1.08. The number of aliphatic hydroxyl groups is 1. The van der Waals surface area contributed by atoms with Crippen LogP contribution in [0.1, 0.15) is 46.5 Å². The van der Waals surface area contributed by atoms with Crippen molar-refractivity contribution >= 4 is 52.5 Å². The zero-order valence-corrected chi connectivity index (χ0v) is 21.3. The lowest BCUT2D eigenvalue weighted by molar-refractivity contribution is -0.213. The number of esters is 2. The van der Waals surface area contributed by atoms with Gasteiger partial charge in [0.1, 0.15) is 0 Å². The molecule has 0 aromatic heterocycles. The maximum atomic E-state index is 13.3. The second-order valence-corrected chi connectivity index (χ2v) is 12.1. The third-order valence-corrected chi connectivity index (χ3v) is 10.4. The van der Waals surface area contributed by atoms with E-state index in [0.29, 0.717) is 19.3 Å². The summed E-state index contributed by atoms with van der Waals surface area (Å²) in [6.07, 6.45) is 5.82. The largest absolute Gasteiger partial charge is 0.466 e. The van der Waals surface area contributed by atoms with E-state index in [9.17, 15) is 19.5 Å². The summed E-state index contributed by atoms with van der Waals surface area (Å²) in [6, 6.07) is 0. The van der Waals surface area contributed by atoms with Gasteiger partial charge < -0.3 is 14.6 Å². The molecule has 0 aromatic carbocycles. The molecule has 3 fully saturated rings. The van der Waals surface area contributed by atoms with Gasteiger partial charge in [-0.2, -0.15) is 0 Å². The number of methoxy groups -OCH3 is 1. The molecule has 1 N–H and O–H groups in total. The first-order chi connectivity index (χ1) is 15.3. The van der Waals surface area contributed by atoms with E-state index in [4.69, 9.17) is 44.3 Å². The van der Waals surface area contributed by atoms with E-state index in [0.717, 1.165) is 5.57 Å². The van der Waals surface area contributed by atoms with Crippen LogP contribution in [-0.4, -0.2) is 51.4 Å². The summed E-state index contributed by atoms with van der Waals surface area (Å²) in [7, 11) is 1.24. The number of carbonyl (C=O) groups is 3. The molecule has 0 bridgehead atoms. The average molecular weight is 520 g/mol. The third kappa shape index (κ3) is 3.06. The quantitative estimate of drug-likeness (QED) is 0.445. The number of allylic oxidation sites excluding steroid dienone is 4. The molecule has 0 amide bonds. The molecule has 0 unspecified atom stereocenters. The van der Waals surface area contributed by atoms with Crippen molar-refractivity contribution in [3.63, 3.8) is 0 Å². The summed E-state index contributed by atoms with van der Waals surface area (Å²) in [5.74, 6) is -2.49. The van der Waals surface area contributed by atoms with Gasteiger partial charge in [-0.25, -0.2) is 9.59 Å². The van der Waals surface area contributed by atoms with Crippen LogP contribution in [0.3, 0.4) is 0 Å². The highest BCUT2D eigenvalue weighted by Gasteiger charge is 2.77. The lowest BCUT2D eigenvalue weighted by Gasteiger charge is -2.63. The summed E-state index contributed by atoms with van der Waals surface area (Å²) >= 11 is 19.0. The topological polar surface area (TPSA) is 89.9 Å². The van der Waals surface area contributed by atoms with E-state index in [1.807, 2.05) is 26.8 Å². The molecule has 4 aliphatic carbocycles. The summed E-state index contributed by atoms with van der Waals surface area (Å²) < 4.78 is 10.9. The van der Waals surface area contributed by atoms with Gasteiger partial charge in [-0.15, -0.1) is 11.6 Å². The number of alkyl halides is 3. The molecule has 4 aliphatic rings.